The van der Waals surface area contributed by atoms with Crippen LogP contribution >= 0.6 is 0 Å². The van der Waals surface area contributed by atoms with Crippen molar-refractivity contribution >= 4 is 5.69 Å². The van der Waals surface area contributed by atoms with E-state index in [9.17, 15) is 5.11 Å². The number of hydrogen-bond donors (Lipinski definition) is 1. The number of β-amino-alcohol motifs (C(OH)–C–C–N with tert-alkyl or cyclic N) is 1. The van der Waals surface area contributed by atoms with Gasteiger partial charge < -0.3 is 19.5 Å². The molecule has 2 aromatic carbocycles. The van der Waals surface area contributed by atoms with Gasteiger partial charge in [-0.05, 0) is 55.3 Å². The Morgan fingerprint density at radius 2 is 1.70 bits per heavy atom. The van der Waals surface area contributed by atoms with Crippen LogP contribution in [0.15, 0.2) is 42.5 Å². The Labute approximate surface area is 162 Å². The molecule has 0 bridgehead atoms. The minimum absolute atomic E-state index is 0.322. The van der Waals surface area contributed by atoms with Crippen LogP contribution in [0.3, 0.4) is 0 Å². The number of benzene rings is 2. The summed E-state index contributed by atoms with van der Waals surface area (Å²) in [6, 6.07) is 14.3. The van der Waals surface area contributed by atoms with Crippen molar-refractivity contribution in [3.05, 3.63) is 53.6 Å². The summed E-state index contributed by atoms with van der Waals surface area (Å²) in [4.78, 5) is 4.67. The van der Waals surface area contributed by atoms with E-state index in [1.165, 1.54) is 11.3 Å². The van der Waals surface area contributed by atoms with Crippen LogP contribution in [-0.4, -0.2) is 62.6 Å². The zero-order chi connectivity index (χ0) is 19.2. The van der Waals surface area contributed by atoms with Crippen molar-refractivity contribution in [2.24, 2.45) is 0 Å². The molecular formula is C22H30N2O3. The summed E-state index contributed by atoms with van der Waals surface area (Å²) >= 11 is 0. The molecule has 146 valence electrons. The molecule has 0 aliphatic carbocycles. The van der Waals surface area contributed by atoms with Gasteiger partial charge in [0.2, 0.25) is 0 Å². The fourth-order valence-electron chi connectivity index (χ4n) is 3.38. The second-order valence-electron chi connectivity index (χ2n) is 7.22. The molecule has 0 amide bonds. The monoisotopic (exact) mass is 370 g/mol. The first-order valence-corrected chi connectivity index (χ1v) is 9.54. The van der Waals surface area contributed by atoms with Crippen LogP contribution in [0.5, 0.6) is 11.5 Å². The lowest BCUT2D eigenvalue weighted by Gasteiger charge is -2.36. The van der Waals surface area contributed by atoms with Crippen LogP contribution in [0.1, 0.15) is 11.1 Å². The molecule has 1 N–H and O–H groups in total. The summed E-state index contributed by atoms with van der Waals surface area (Å²) in [5.41, 5.74) is 3.48. The van der Waals surface area contributed by atoms with Crippen LogP contribution in [0.25, 0.3) is 0 Å². The van der Waals surface area contributed by atoms with E-state index in [1.54, 1.807) is 7.11 Å². The van der Waals surface area contributed by atoms with Crippen LogP contribution in [-0.2, 0) is 0 Å². The smallest absolute Gasteiger partial charge is 0.122 e. The van der Waals surface area contributed by atoms with Gasteiger partial charge in [-0.25, -0.2) is 0 Å². The molecule has 0 unspecified atom stereocenters. The van der Waals surface area contributed by atoms with Gasteiger partial charge in [0.1, 0.15) is 24.2 Å². The number of piperazine rings is 1. The van der Waals surface area contributed by atoms with Crippen molar-refractivity contribution in [2.75, 3.05) is 51.3 Å². The molecule has 5 nitrogen and oxygen atoms in total. The summed E-state index contributed by atoms with van der Waals surface area (Å²) in [7, 11) is 1.68. The van der Waals surface area contributed by atoms with E-state index >= 15 is 0 Å². The lowest BCUT2D eigenvalue weighted by molar-refractivity contribution is 0.0660. The predicted molar refractivity (Wildman–Crippen MR) is 109 cm³/mol. The average Bonchev–Trinajstić information content (AvgIpc) is 2.69. The molecule has 0 saturated carbocycles. The molecule has 0 radical (unpaired) electrons. The van der Waals surface area contributed by atoms with Crippen LogP contribution < -0.4 is 14.4 Å². The number of anilines is 1. The zero-order valence-corrected chi connectivity index (χ0v) is 16.5. The van der Waals surface area contributed by atoms with Gasteiger partial charge in [-0.3, -0.25) is 4.90 Å². The summed E-state index contributed by atoms with van der Waals surface area (Å²) in [5.74, 6) is 1.74. The second-order valence-corrected chi connectivity index (χ2v) is 7.22. The maximum atomic E-state index is 10.4. The van der Waals surface area contributed by atoms with Gasteiger partial charge in [0, 0.05) is 38.4 Å². The molecule has 2 aromatic rings. The molecular weight excluding hydrogens is 340 g/mol. The molecule has 0 aromatic heterocycles. The third kappa shape index (κ3) is 5.37. The summed E-state index contributed by atoms with van der Waals surface area (Å²) in [5, 5.41) is 10.4. The maximum absolute atomic E-state index is 10.4. The van der Waals surface area contributed by atoms with E-state index in [1.807, 2.05) is 32.0 Å². The first-order chi connectivity index (χ1) is 13.0. The minimum atomic E-state index is -0.488. The zero-order valence-electron chi connectivity index (χ0n) is 16.5. The normalized spacial score (nSPS) is 16.2. The molecule has 27 heavy (non-hydrogen) atoms. The molecule has 1 heterocycles. The molecule has 3 rings (SSSR count). The van der Waals surface area contributed by atoms with E-state index in [0.29, 0.717) is 13.2 Å². The molecule has 1 aliphatic rings. The van der Waals surface area contributed by atoms with Gasteiger partial charge in [0.05, 0.1) is 7.11 Å². The van der Waals surface area contributed by atoms with E-state index in [-0.39, 0.29) is 0 Å². The lowest BCUT2D eigenvalue weighted by atomic mass is 10.1. The van der Waals surface area contributed by atoms with Gasteiger partial charge in [-0.1, -0.05) is 12.1 Å². The number of aliphatic hydroxyl groups is 1. The van der Waals surface area contributed by atoms with Crippen LogP contribution in [0.4, 0.5) is 5.69 Å². The van der Waals surface area contributed by atoms with Crippen molar-refractivity contribution in [3.8, 4) is 11.5 Å². The Kier molecular flexibility index (Phi) is 6.58. The highest BCUT2D eigenvalue weighted by atomic mass is 16.5. The highest BCUT2D eigenvalue weighted by Crippen LogP contribution is 2.21. The Hall–Kier alpha value is -2.24. The van der Waals surface area contributed by atoms with Gasteiger partial charge in [0.25, 0.3) is 0 Å². The number of nitrogens with zero attached hydrogens (tertiary/aromatic N) is 2. The van der Waals surface area contributed by atoms with Crippen LogP contribution in [0, 0.1) is 13.8 Å². The SMILES string of the molecule is COc1ccc(N2CCN(C[C@H](O)COc3cc(C)ccc3C)CC2)cc1. The maximum Gasteiger partial charge on any atom is 0.122 e. The largest absolute Gasteiger partial charge is 0.497 e. The van der Waals surface area contributed by atoms with E-state index < -0.39 is 6.10 Å². The molecule has 1 aliphatic heterocycles. The average molecular weight is 370 g/mol. The van der Waals surface area contributed by atoms with E-state index in [0.717, 1.165) is 43.2 Å². The first-order valence-electron chi connectivity index (χ1n) is 9.54. The van der Waals surface area contributed by atoms with Crippen molar-refractivity contribution < 1.29 is 14.6 Å². The van der Waals surface area contributed by atoms with Gasteiger partial charge in [-0.2, -0.15) is 0 Å². The van der Waals surface area contributed by atoms with Crippen molar-refractivity contribution in [2.45, 2.75) is 20.0 Å². The Morgan fingerprint density at radius 3 is 2.37 bits per heavy atom. The summed E-state index contributed by atoms with van der Waals surface area (Å²) in [6.07, 6.45) is -0.488. The third-order valence-corrected chi connectivity index (χ3v) is 5.05. The van der Waals surface area contributed by atoms with E-state index in [2.05, 4.69) is 34.1 Å². The number of aryl methyl sites for hydroxylation is 2. The Balaban J connectivity index is 1.43. The number of methoxy groups -OCH3 is 1. The van der Waals surface area contributed by atoms with E-state index in [4.69, 9.17) is 9.47 Å². The third-order valence-electron chi connectivity index (χ3n) is 5.05. The predicted octanol–water partition coefficient (Wildman–Crippen LogP) is 2.87. The lowest BCUT2D eigenvalue weighted by Crippen LogP contribution is -2.49. The van der Waals surface area contributed by atoms with Crippen molar-refractivity contribution in [1.29, 1.82) is 0 Å². The van der Waals surface area contributed by atoms with Gasteiger partial charge in [0.15, 0.2) is 0 Å². The Bertz CT molecular complexity index is 725. The topological polar surface area (TPSA) is 45.2 Å². The van der Waals surface area contributed by atoms with Gasteiger partial charge >= 0.3 is 0 Å². The second kappa shape index (κ2) is 9.11. The quantitative estimate of drug-likeness (QED) is 0.812. The van der Waals surface area contributed by atoms with Crippen molar-refractivity contribution in [3.63, 3.8) is 0 Å². The Morgan fingerprint density at radius 1 is 1.00 bits per heavy atom. The molecule has 5 heteroatoms. The first kappa shape index (κ1) is 19.5. The molecule has 1 atom stereocenters. The molecule has 1 fully saturated rings. The number of rotatable bonds is 7. The molecule has 1 saturated heterocycles. The summed E-state index contributed by atoms with van der Waals surface area (Å²) in [6.45, 7) is 8.82. The number of ether oxygens (including phenoxy) is 2. The van der Waals surface area contributed by atoms with Crippen molar-refractivity contribution in [1.82, 2.24) is 4.90 Å². The number of hydrogen-bond acceptors (Lipinski definition) is 5. The fourth-order valence-corrected chi connectivity index (χ4v) is 3.38. The molecule has 0 spiro atoms. The fraction of sp³-hybridized carbons (Fsp3) is 0.455. The standard InChI is InChI=1S/C22H30N2O3/c1-17-4-5-18(2)22(14-17)27-16-20(25)15-23-10-12-24(13-11-23)19-6-8-21(26-3)9-7-19/h4-9,14,20,25H,10-13,15-16H2,1-3H3/t20-/m0/s1. The minimum Gasteiger partial charge on any atom is -0.497 e. The highest BCUT2D eigenvalue weighted by molar-refractivity contribution is 5.49. The highest BCUT2D eigenvalue weighted by Gasteiger charge is 2.20. The number of aliphatic hydroxyl groups excluding tert-OH is 1. The van der Waals surface area contributed by atoms with Crippen LogP contribution in [0.2, 0.25) is 0 Å². The summed E-state index contributed by atoms with van der Waals surface area (Å²) < 4.78 is 11.1. The van der Waals surface area contributed by atoms with Gasteiger partial charge in [-0.15, -0.1) is 0 Å².